The molecule has 6 nitrogen and oxygen atoms in total. The minimum absolute atomic E-state index is 0.202. The van der Waals surface area contributed by atoms with Gasteiger partial charge in [-0.1, -0.05) is 18.2 Å². The molecular formula is C17H17FN4O2S. The van der Waals surface area contributed by atoms with Crippen LogP contribution in [0.4, 0.5) is 4.39 Å². The first-order valence-electron chi connectivity index (χ1n) is 7.68. The van der Waals surface area contributed by atoms with Gasteiger partial charge in [0.2, 0.25) is 10.0 Å². The van der Waals surface area contributed by atoms with Gasteiger partial charge in [-0.2, -0.15) is 0 Å². The summed E-state index contributed by atoms with van der Waals surface area (Å²) in [6.45, 7) is 0.613. The van der Waals surface area contributed by atoms with Crippen LogP contribution in [0, 0.1) is 5.82 Å². The van der Waals surface area contributed by atoms with Gasteiger partial charge >= 0.3 is 0 Å². The fraction of sp³-hybridized carbons (Fsp3) is 0.176. The molecule has 1 aromatic carbocycles. The number of halogens is 1. The predicted octanol–water partition coefficient (Wildman–Crippen LogP) is 2.20. The minimum Gasteiger partial charge on any atom is -0.328 e. The normalized spacial score (nSPS) is 11.6. The quantitative estimate of drug-likeness (QED) is 0.701. The maximum Gasteiger partial charge on any atom is 0.215 e. The van der Waals surface area contributed by atoms with Gasteiger partial charge in [-0.3, -0.25) is 4.98 Å². The Morgan fingerprint density at radius 1 is 1.08 bits per heavy atom. The van der Waals surface area contributed by atoms with E-state index >= 15 is 0 Å². The molecule has 0 spiro atoms. The number of nitrogens with one attached hydrogen (secondary N) is 1. The van der Waals surface area contributed by atoms with Crippen molar-refractivity contribution in [2.24, 2.45) is 0 Å². The first-order chi connectivity index (χ1) is 12.0. The SMILES string of the molecule is O=S(=O)(Cc1cccc(F)c1)NCCn1ccnc1-c1ccccn1. The van der Waals surface area contributed by atoms with Crippen LogP contribution in [0.2, 0.25) is 0 Å². The largest absolute Gasteiger partial charge is 0.328 e. The zero-order valence-corrected chi connectivity index (χ0v) is 14.2. The minimum atomic E-state index is -3.55. The van der Waals surface area contributed by atoms with Gasteiger partial charge < -0.3 is 4.57 Å². The smallest absolute Gasteiger partial charge is 0.215 e. The van der Waals surface area contributed by atoms with Crippen LogP contribution in [-0.4, -0.2) is 29.5 Å². The molecule has 0 amide bonds. The third-order valence-electron chi connectivity index (χ3n) is 3.53. The summed E-state index contributed by atoms with van der Waals surface area (Å²) in [4.78, 5) is 8.51. The van der Waals surface area contributed by atoms with E-state index in [1.165, 1.54) is 18.2 Å². The van der Waals surface area contributed by atoms with Gasteiger partial charge in [-0.25, -0.2) is 22.5 Å². The molecule has 0 saturated heterocycles. The first-order valence-corrected chi connectivity index (χ1v) is 9.33. The molecule has 3 aromatic rings. The standard InChI is InChI=1S/C17H17FN4O2S/c18-15-5-3-4-14(12-15)13-25(23,24)21-9-11-22-10-8-20-17(22)16-6-1-2-7-19-16/h1-8,10,12,21H,9,11,13H2. The molecule has 0 fully saturated rings. The van der Waals surface area contributed by atoms with Gasteiger partial charge in [0, 0.05) is 31.7 Å². The highest BCUT2D eigenvalue weighted by Gasteiger charge is 2.12. The molecule has 0 aliphatic rings. The van der Waals surface area contributed by atoms with Gasteiger partial charge in [-0.15, -0.1) is 0 Å². The lowest BCUT2D eigenvalue weighted by atomic mass is 10.2. The summed E-state index contributed by atoms with van der Waals surface area (Å²) >= 11 is 0. The van der Waals surface area contributed by atoms with Crippen LogP contribution in [0.1, 0.15) is 5.56 Å². The summed E-state index contributed by atoms with van der Waals surface area (Å²) in [6, 6.07) is 11.1. The highest BCUT2D eigenvalue weighted by atomic mass is 32.2. The van der Waals surface area contributed by atoms with Gasteiger partial charge in [0.1, 0.15) is 11.5 Å². The molecule has 0 saturated carbocycles. The molecule has 2 aromatic heterocycles. The molecule has 1 N–H and O–H groups in total. The number of benzene rings is 1. The molecule has 0 aliphatic carbocycles. The Labute approximate surface area is 145 Å². The van der Waals surface area contributed by atoms with Gasteiger partial charge in [-0.05, 0) is 29.8 Å². The molecule has 0 radical (unpaired) electrons. The van der Waals surface area contributed by atoms with Crippen molar-refractivity contribution in [2.75, 3.05) is 6.54 Å². The Balaban J connectivity index is 1.61. The zero-order valence-electron chi connectivity index (χ0n) is 13.3. The van der Waals surface area contributed by atoms with E-state index in [4.69, 9.17) is 0 Å². The van der Waals surface area contributed by atoms with Crippen LogP contribution < -0.4 is 4.72 Å². The molecule has 0 atom stereocenters. The van der Waals surface area contributed by atoms with Crippen molar-refractivity contribution in [3.05, 3.63) is 72.4 Å². The summed E-state index contributed by atoms with van der Waals surface area (Å²) in [5.74, 6) is -0.0436. The van der Waals surface area contributed by atoms with Crippen LogP contribution >= 0.6 is 0 Å². The first kappa shape index (κ1) is 17.2. The number of pyridine rings is 1. The molecule has 0 bridgehead atoms. The molecule has 3 rings (SSSR count). The predicted molar refractivity (Wildman–Crippen MR) is 92.5 cm³/mol. The lowest BCUT2D eigenvalue weighted by Gasteiger charge is -2.09. The molecule has 2 heterocycles. The third kappa shape index (κ3) is 4.71. The van der Waals surface area contributed by atoms with E-state index in [0.717, 1.165) is 5.69 Å². The number of rotatable bonds is 7. The summed E-state index contributed by atoms with van der Waals surface area (Å²) in [5.41, 5.74) is 1.12. The molecule has 0 unspecified atom stereocenters. The van der Waals surface area contributed by atoms with Crippen molar-refractivity contribution >= 4 is 10.0 Å². The van der Waals surface area contributed by atoms with E-state index in [1.54, 1.807) is 24.7 Å². The highest BCUT2D eigenvalue weighted by molar-refractivity contribution is 7.88. The number of hydrogen-bond donors (Lipinski definition) is 1. The van der Waals surface area contributed by atoms with Crippen LogP contribution in [-0.2, 0) is 22.3 Å². The van der Waals surface area contributed by atoms with Crippen molar-refractivity contribution in [1.82, 2.24) is 19.3 Å². The van der Waals surface area contributed by atoms with Crippen molar-refractivity contribution in [1.29, 1.82) is 0 Å². The Morgan fingerprint density at radius 2 is 1.96 bits per heavy atom. The topological polar surface area (TPSA) is 76.9 Å². The van der Waals surface area contributed by atoms with Crippen LogP contribution in [0.3, 0.4) is 0 Å². The fourth-order valence-corrected chi connectivity index (χ4v) is 3.56. The Hall–Kier alpha value is -2.58. The van der Waals surface area contributed by atoms with Crippen LogP contribution in [0.15, 0.2) is 61.1 Å². The number of imidazole rings is 1. The number of hydrogen-bond acceptors (Lipinski definition) is 4. The van der Waals surface area contributed by atoms with E-state index in [9.17, 15) is 12.8 Å². The average Bonchev–Trinajstić information content (AvgIpc) is 3.03. The summed E-state index contributed by atoms with van der Waals surface area (Å²) < 4.78 is 41.8. The van der Waals surface area contributed by atoms with E-state index in [-0.39, 0.29) is 12.3 Å². The second-order valence-electron chi connectivity index (χ2n) is 5.44. The summed E-state index contributed by atoms with van der Waals surface area (Å²) in [6.07, 6.45) is 5.09. The van der Waals surface area contributed by atoms with Gasteiger partial charge in [0.05, 0.1) is 5.75 Å². The summed E-state index contributed by atoms with van der Waals surface area (Å²) in [5, 5.41) is 0. The highest BCUT2D eigenvalue weighted by Crippen LogP contribution is 2.13. The second-order valence-corrected chi connectivity index (χ2v) is 7.25. The van der Waals surface area contributed by atoms with E-state index in [0.29, 0.717) is 17.9 Å². The van der Waals surface area contributed by atoms with E-state index in [2.05, 4.69) is 14.7 Å². The summed E-state index contributed by atoms with van der Waals surface area (Å²) in [7, 11) is -3.55. The van der Waals surface area contributed by atoms with Crippen molar-refractivity contribution in [2.45, 2.75) is 12.3 Å². The maximum absolute atomic E-state index is 13.2. The van der Waals surface area contributed by atoms with Crippen LogP contribution in [0.5, 0.6) is 0 Å². The third-order valence-corrected chi connectivity index (χ3v) is 4.89. The van der Waals surface area contributed by atoms with Crippen molar-refractivity contribution < 1.29 is 12.8 Å². The number of nitrogens with zero attached hydrogens (tertiary/aromatic N) is 3. The lowest BCUT2D eigenvalue weighted by molar-refractivity contribution is 0.572. The maximum atomic E-state index is 13.2. The van der Waals surface area contributed by atoms with Crippen LogP contribution in [0.25, 0.3) is 11.5 Å². The molecule has 25 heavy (non-hydrogen) atoms. The molecule has 8 heteroatoms. The number of sulfonamides is 1. The van der Waals surface area contributed by atoms with Crippen molar-refractivity contribution in [3.8, 4) is 11.5 Å². The Bertz CT molecular complexity index is 942. The number of aromatic nitrogens is 3. The fourth-order valence-electron chi connectivity index (χ4n) is 2.44. The second kappa shape index (κ2) is 7.54. The van der Waals surface area contributed by atoms with E-state index in [1.807, 2.05) is 22.8 Å². The molecule has 0 aliphatic heterocycles. The Kier molecular flexibility index (Phi) is 5.20. The van der Waals surface area contributed by atoms with Gasteiger partial charge in [0.25, 0.3) is 0 Å². The zero-order chi connectivity index (χ0) is 17.7. The van der Waals surface area contributed by atoms with Gasteiger partial charge in [0.15, 0.2) is 5.82 Å². The average molecular weight is 360 g/mol. The lowest BCUT2D eigenvalue weighted by Crippen LogP contribution is -2.28. The molecular weight excluding hydrogens is 343 g/mol. The molecule has 130 valence electrons. The Morgan fingerprint density at radius 3 is 2.72 bits per heavy atom. The van der Waals surface area contributed by atoms with Crippen molar-refractivity contribution in [3.63, 3.8) is 0 Å². The monoisotopic (exact) mass is 360 g/mol. The van der Waals surface area contributed by atoms with E-state index < -0.39 is 15.8 Å².